The summed E-state index contributed by atoms with van der Waals surface area (Å²) < 4.78 is 38.3. The van der Waals surface area contributed by atoms with Crippen LogP contribution < -0.4 is 5.32 Å². The maximum Gasteiger partial charge on any atom is 0.175 e. The standard InChI is InChI=1S/C18H15FN4O2S/c1-21-16-9-13(19)5-8-17(16)23-18(10-14(11-20)22-23)12-3-6-15(7-4-12)26(2,24)25/h3-10,21H,1-2H3. The Morgan fingerprint density at radius 2 is 1.85 bits per heavy atom. The van der Waals surface area contributed by atoms with E-state index < -0.39 is 15.7 Å². The van der Waals surface area contributed by atoms with Gasteiger partial charge in [-0.05, 0) is 30.3 Å². The first-order valence-corrected chi connectivity index (χ1v) is 9.51. The van der Waals surface area contributed by atoms with Crippen molar-refractivity contribution in [1.82, 2.24) is 9.78 Å². The van der Waals surface area contributed by atoms with Gasteiger partial charge in [0, 0.05) is 24.9 Å². The molecule has 6 nitrogen and oxygen atoms in total. The Kier molecular flexibility index (Phi) is 4.49. The highest BCUT2D eigenvalue weighted by atomic mass is 32.2. The Hall–Kier alpha value is -3.18. The van der Waals surface area contributed by atoms with Crippen molar-refractivity contribution >= 4 is 15.5 Å². The van der Waals surface area contributed by atoms with Gasteiger partial charge in [-0.3, -0.25) is 0 Å². The molecule has 0 atom stereocenters. The van der Waals surface area contributed by atoms with Crippen LogP contribution in [0, 0.1) is 17.1 Å². The van der Waals surface area contributed by atoms with Crippen molar-refractivity contribution in [3.63, 3.8) is 0 Å². The average molecular weight is 370 g/mol. The molecular weight excluding hydrogens is 355 g/mol. The van der Waals surface area contributed by atoms with Crippen molar-refractivity contribution < 1.29 is 12.8 Å². The van der Waals surface area contributed by atoms with Gasteiger partial charge in [0.05, 0.1) is 22.0 Å². The van der Waals surface area contributed by atoms with Crippen molar-refractivity contribution in [1.29, 1.82) is 5.26 Å². The summed E-state index contributed by atoms with van der Waals surface area (Å²) in [6, 6.07) is 14.1. The third-order valence-electron chi connectivity index (χ3n) is 3.86. The van der Waals surface area contributed by atoms with Crippen LogP contribution in [0.1, 0.15) is 5.69 Å². The van der Waals surface area contributed by atoms with Crippen LogP contribution in [0.5, 0.6) is 0 Å². The molecule has 3 aromatic rings. The zero-order valence-electron chi connectivity index (χ0n) is 14.1. The second kappa shape index (κ2) is 6.61. The molecule has 0 radical (unpaired) electrons. The first-order chi connectivity index (χ1) is 12.3. The summed E-state index contributed by atoms with van der Waals surface area (Å²) in [5, 5.41) is 16.4. The van der Waals surface area contributed by atoms with Gasteiger partial charge in [-0.2, -0.15) is 10.4 Å². The molecule has 0 saturated heterocycles. The van der Waals surface area contributed by atoms with Gasteiger partial charge in [0.15, 0.2) is 15.5 Å². The van der Waals surface area contributed by atoms with E-state index in [1.807, 2.05) is 6.07 Å². The Balaban J connectivity index is 2.18. The number of nitrogens with zero attached hydrogens (tertiary/aromatic N) is 3. The van der Waals surface area contributed by atoms with Crippen molar-refractivity contribution in [2.45, 2.75) is 4.90 Å². The molecule has 1 aromatic heterocycles. The molecule has 0 unspecified atom stereocenters. The number of sulfone groups is 1. The average Bonchev–Trinajstić information content (AvgIpc) is 3.05. The molecule has 0 saturated carbocycles. The first-order valence-electron chi connectivity index (χ1n) is 7.62. The van der Waals surface area contributed by atoms with Gasteiger partial charge in [-0.1, -0.05) is 12.1 Å². The largest absolute Gasteiger partial charge is 0.386 e. The Labute approximate surface area is 150 Å². The van der Waals surface area contributed by atoms with Crippen molar-refractivity contribution in [3.05, 3.63) is 60.0 Å². The molecule has 8 heteroatoms. The Morgan fingerprint density at radius 3 is 2.42 bits per heavy atom. The summed E-state index contributed by atoms with van der Waals surface area (Å²) in [6.45, 7) is 0. The second-order valence-corrected chi connectivity index (χ2v) is 7.66. The van der Waals surface area contributed by atoms with Crippen molar-refractivity contribution in [2.24, 2.45) is 0 Å². The summed E-state index contributed by atoms with van der Waals surface area (Å²) in [7, 11) is -1.65. The molecule has 132 valence electrons. The van der Waals surface area contributed by atoms with Crippen LogP contribution in [0.3, 0.4) is 0 Å². The van der Waals surface area contributed by atoms with Crippen LogP contribution in [-0.4, -0.2) is 31.5 Å². The van der Waals surface area contributed by atoms with Gasteiger partial charge >= 0.3 is 0 Å². The summed E-state index contributed by atoms with van der Waals surface area (Å²) >= 11 is 0. The number of hydrogen-bond acceptors (Lipinski definition) is 5. The Bertz CT molecular complexity index is 1110. The quantitative estimate of drug-likeness (QED) is 0.763. The topological polar surface area (TPSA) is 87.8 Å². The van der Waals surface area contributed by atoms with E-state index in [9.17, 15) is 18.1 Å². The van der Waals surface area contributed by atoms with Crippen LogP contribution in [0.15, 0.2) is 53.4 Å². The zero-order valence-corrected chi connectivity index (χ0v) is 14.9. The fraction of sp³-hybridized carbons (Fsp3) is 0.111. The lowest BCUT2D eigenvalue weighted by Crippen LogP contribution is -2.04. The van der Waals surface area contributed by atoms with Crippen LogP contribution >= 0.6 is 0 Å². The van der Waals surface area contributed by atoms with Crippen LogP contribution in [0.25, 0.3) is 16.9 Å². The van der Waals surface area contributed by atoms with E-state index >= 15 is 0 Å². The van der Waals surface area contributed by atoms with Gasteiger partial charge in [0.2, 0.25) is 0 Å². The molecule has 0 spiro atoms. The summed E-state index contributed by atoms with van der Waals surface area (Å²) in [5.41, 5.74) is 2.53. The molecule has 0 aliphatic heterocycles. The highest BCUT2D eigenvalue weighted by molar-refractivity contribution is 7.90. The highest BCUT2D eigenvalue weighted by Gasteiger charge is 2.16. The summed E-state index contributed by atoms with van der Waals surface area (Å²) in [4.78, 5) is 0.200. The number of rotatable bonds is 4. The lowest BCUT2D eigenvalue weighted by atomic mass is 10.1. The van der Waals surface area contributed by atoms with E-state index in [1.165, 1.54) is 28.9 Å². The van der Waals surface area contributed by atoms with Gasteiger partial charge < -0.3 is 5.32 Å². The maximum atomic E-state index is 13.5. The predicted molar refractivity (Wildman–Crippen MR) is 96.3 cm³/mol. The number of aromatic nitrogens is 2. The molecule has 0 aliphatic rings. The minimum Gasteiger partial charge on any atom is -0.386 e. The fourth-order valence-corrected chi connectivity index (χ4v) is 3.22. The molecular formula is C18H15FN4O2S. The molecule has 26 heavy (non-hydrogen) atoms. The molecule has 0 amide bonds. The van der Waals surface area contributed by atoms with E-state index in [-0.39, 0.29) is 10.6 Å². The third kappa shape index (κ3) is 3.30. The van der Waals surface area contributed by atoms with E-state index in [0.717, 1.165) is 6.26 Å². The smallest absolute Gasteiger partial charge is 0.175 e. The number of nitriles is 1. The number of benzene rings is 2. The molecule has 2 aromatic carbocycles. The van der Waals surface area contributed by atoms with Gasteiger partial charge in [0.25, 0.3) is 0 Å². The molecule has 1 N–H and O–H groups in total. The zero-order chi connectivity index (χ0) is 18.9. The van der Waals surface area contributed by atoms with Crippen molar-refractivity contribution in [3.8, 4) is 23.0 Å². The van der Waals surface area contributed by atoms with Crippen LogP contribution in [0.4, 0.5) is 10.1 Å². The number of hydrogen-bond donors (Lipinski definition) is 1. The molecule has 0 fully saturated rings. The van der Waals surface area contributed by atoms with Crippen molar-refractivity contribution in [2.75, 3.05) is 18.6 Å². The van der Waals surface area contributed by atoms with Crippen LogP contribution in [0.2, 0.25) is 0 Å². The maximum absolute atomic E-state index is 13.5. The highest BCUT2D eigenvalue weighted by Crippen LogP contribution is 2.29. The van der Waals surface area contributed by atoms with E-state index in [0.29, 0.717) is 22.6 Å². The van der Waals surface area contributed by atoms with Gasteiger partial charge in [-0.25, -0.2) is 17.5 Å². The number of anilines is 1. The lowest BCUT2D eigenvalue weighted by molar-refractivity contribution is 0.602. The summed E-state index contributed by atoms with van der Waals surface area (Å²) in [6.07, 6.45) is 1.14. The van der Waals surface area contributed by atoms with E-state index in [4.69, 9.17) is 0 Å². The minimum atomic E-state index is -3.31. The molecule has 0 aliphatic carbocycles. The second-order valence-electron chi connectivity index (χ2n) is 5.65. The Morgan fingerprint density at radius 1 is 1.15 bits per heavy atom. The molecule has 3 rings (SSSR count). The van der Waals surface area contributed by atoms with Gasteiger partial charge in [-0.15, -0.1) is 0 Å². The van der Waals surface area contributed by atoms with Crippen LogP contribution in [-0.2, 0) is 9.84 Å². The first kappa shape index (κ1) is 17.6. The van der Waals surface area contributed by atoms with Gasteiger partial charge in [0.1, 0.15) is 11.9 Å². The van der Waals surface area contributed by atoms with E-state index in [1.54, 1.807) is 31.3 Å². The SMILES string of the molecule is CNc1cc(F)ccc1-n1nc(C#N)cc1-c1ccc(S(C)(=O)=O)cc1. The number of nitrogens with one attached hydrogen (secondary N) is 1. The summed E-state index contributed by atoms with van der Waals surface area (Å²) in [5.74, 6) is -0.398. The normalized spacial score (nSPS) is 11.2. The van der Waals surface area contributed by atoms with E-state index in [2.05, 4.69) is 10.4 Å². The fourth-order valence-electron chi connectivity index (χ4n) is 2.59. The lowest BCUT2D eigenvalue weighted by Gasteiger charge is -2.12. The molecule has 0 bridgehead atoms. The monoisotopic (exact) mass is 370 g/mol. The minimum absolute atomic E-state index is 0.193. The predicted octanol–water partition coefficient (Wildman–Crippen LogP) is 3.00. The third-order valence-corrected chi connectivity index (χ3v) is 4.99. The number of halogens is 1. The molecule has 1 heterocycles.